The van der Waals surface area contributed by atoms with Crippen molar-refractivity contribution in [3.8, 4) is 10.4 Å². The zero-order chi connectivity index (χ0) is 15.1. The molecule has 1 aromatic carbocycles. The van der Waals surface area contributed by atoms with Gasteiger partial charge in [0.05, 0.1) is 5.56 Å². The van der Waals surface area contributed by atoms with Crippen LogP contribution in [-0.4, -0.2) is 18.4 Å². The summed E-state index contributed by atoms with van der Waals surface area (Å²) in [7, 11) is 0. The molecule has 3 heterocycles. The average molecular weight is 311 g/mol. The van der Waals surface area contributed by atoms with E-state index in [0.29, 0.717) is 12.2 Å². The molecule has 0 bridgehead atoms. The second-order valence-electron chi connectivity index (χ2n) is 5.33. The Hall–Kier alpha value is -2.40. The van der Waals surface area contributed by atoms with E-state index in [4.69, 9.17) is 4.74 Å². The number of benzene rings is 1. The minimum Gasteiger partial charge on any atom is -0.457 e. The average Bonchev–Trinajstić information content (AvgIpc) is 3.22. The quantitative estimate of drug-likeness (QED) is 0.685. The molecule has 5 heteroatoms. The van der Waals surface area contributed by atoms with Gasteiger partial charge in [-0.3, -0.25) is 4.79 Å². The van der Waals surface area contributed by atoms with Gasteiger partial charge in [-0.1, -0.05) is 6.07 Å². The van der Waals surface area contributed by atoms with Crippen molar-refractivity contribution >= 4 is 29.3 Å². The molecule has 1 N–H and O–H groups in total. The van der Waals surface area contributed by atoms with E-state index in [1.807, 2.05) is 36.4 Å². The number of fused-ring (bicyclic) bond motifs is 1. The summed E-state index contributed by atoms with van der Waals surface area (Å²) in [5.41, 5.74) is 3.50. The predicted molar refractivity (Wildman–Crippen MR) is 84.5 cm³/mol. The van der Waals surface area contributed by atoms with Crippen molar-refractivity contribution in [1.82, 2.24) is 5.32 Å². The first kappa shape index (κ1) is 13.3. The van der Waals surface area contributed by atoms with Crippen LogP contribution in [0.2, 0.25) is 0 Å². The maximum atomic E-state index is 11.6. The molecule has 0 aliphatic carbocycles. The lowest BCUT2D eigenvalue weighted by Crippen LogP contribution is -2.13. The maximum Gasteiger partial charge on any atom is 0.338 e. The van der Waals surface area contributed by atoms with Crippen LogP contribution in [-0.2, 0) is 16.1 Å². The van der Waals surface area contributed by atoms with Gasteiger partial charge < -0.3 is 10.1 Å². The summed E-state index contributed by atoms with van der Waals surface area (Å²) >= 11 is 1.64. The number of cyclic esters (lactones) is 1. The Morgan fingerprint density at radius 2 is 2.09 bits per heavy atom. The van der Waals surface area contributed by atoms with Crippen molar-refractivity contribution in [2.24, 2.45) is 0 Å². The first-order valence-corrected chi connectivity index (χ1v) is 7.91. The molecule has 1 amide bonds. The second-order valence-corrected chi connectivity index (χ2v) is 6.44. The number of rotatable bonds is 2. The maximum absolute atomic E-state index is 11.6. The molecular weight excluding hydrogens is 298 g/mol. The van der Waals surface area contributed by atoms with Crippen LogP contribution in [0.5, 0.6) is 0 Å². The Labute approximate surface area is 131 Å². The molecule has 110 valence electrons. The number of carbonyl (C=O) groups excluding carboxylic acids is 2. The fraction of sp³-hybridized carbons (Fsp3) is 0.176. The zero-order valence-electron chi connectivity index (χ0n) is 11.7. The standard InChI is InChI=1S/C17H13NO3S/c19-16-11(5-6-18-16)8-13-2-4-15(22-13)10-1-3-14-12(7-10)9-21-17(14)20/h1-4,7-8H,5-6,9H2,(H,18,19). The molecule has 0 spiro atoms. The van der Waals surface area contributed by atoms with Crippen LogP contribution in [0.25, 0.3) is 16.5 Å². The molecule has 0 atom stereocenters. The van der Waals surface area contributed by atoms with E-state index >= 15 is 0 Å². The summed E-state index contributed by atoms with van der Waals surface area (Å²) in [5.74, 6) is -0.214. The van der Waals surface area contributed by atoms with Crippen LogP contribution in [0.15, 0.2) is 35.9 Å². The molecule has 0 radical (unpaired) electrons. The van der Waals surface area contributed by atoms with Crippen molar-refractivity contribution in [2.75, 3.05) is 6.54 Å². The van der Waals surface area contributed by atoms with E-state index in [1.165, 1.54) is 0 Å². The number of hydrogen-bond donors (Lipinski definition) is 1. The fourth-order valence-corrected chi connectivity index (χ4v) is 3.69. The Kier molecular flexibility index (Phi) is 3.08. The fourth-order valence-electron chi connectivity index (χ4n) is 2.72. The van der Waals surface area contributed by atoms with Crippen LogP contribution in [0.1, 0.15) is 27.2 Å². The third-order valence-corrected chi connectivity index (χ3v) is 4.96. The monoisotopic (exact) mass is 311 g/mol. The van der Waals surface area contributed by atoms with Crippen molar-refractivity contribution in [3.05, 3.63) is 51.9 Å². The highest BCUT2D eigenvalue weighted by atomic mass is 32.1. The number of thiophene rings is 1. The molecule has 1 fully saturated rings. The van der Waals surface area contributed by atoms with Crippen molar-refractivity contribution in [2.45, 2.75) is 13.0 Å². The van der Waals surface area contributed by atoms with Gasteiger partial charge in [-0.15, -0.1) is 11.3 Å². The van der Waals surface area contributed by atoms with Gasteiger partial charge in [-0.05, 0) is 42.3 Å². The summed E-state index contributed by atoms with van der Waals surface area (Å²) in [4.78, 5) is 25.3. The third kappa shape index (κ3) is 2.23. The molecule has 0 saturated carbocycles. The van der Waals surface area contributed by atoms with Crippen LogP contribution in [0.4, 0.5) is 0 Å². The summed E-state index contributed by atoms with van der Waals surface area (Å²) in [6.07, 6.45) is 2.74. The van der Waals surface area contributed by atoms with E-state index in [0.717, 1.165) is 39.4 Å². The van der Waals surface area contributed by atoms with Crippen LogP contribution < -0.4 is 5.32 Å². The van der Waals surface area contributed by atoms with Crippen LogP contribution in [0.3, 0.4) is 0 Å². The lowest BCUT2D eigenvalue weighted by atomic mass is 10.1. The van der Waals surface area contributed by atoms with E-state index in [1.54, 1.807) is 11.3 Å². The highest BCUT2D eigenvalue weighted by Crippen LogP contribution is 2.32. The highest BCUT2D eigenvalue weighted by Gasteiger charge is 2.21. The van der Waals surface area contributed by atoms with Crippen LogP contribution in [0, 0.1) is 0 Å². The molecule has 0 unspecified atom stereocenters. The summed E-state index contributed by atoms with van der Waals surface area (Å²) in [6, 6.07) is 9.83. The SMILES string of the molecule is O=C1NCCC1=Cc1ccc(-c2ccc3c(c2)COC3=O)s1. The van der Waals surface area contributed by atoms with Gasteiger partial charge in [0.2, 0.25) is 5.91 Å². The number of esters is 1. The lowest BCUT2D eigenvalue weighted by molar-refractivity contribution is -0.116. The number of hydrogen-bond acceptors (Lipinski definition) is 4. The van der Waals surface area contributed by atoms with Gasteiger partial charge in [0.1, 0.15) is 6.61 Å². The topological polar surface area (TPSA) is 55.4 Å². The van der Waals surface area contributed by atoms with Gasteiger partial charge in [0.25, 0.3) is 0 Å². The molecule has 4 rings (SSSR count). The van der Waals surface area contributed by atoms with Crippen molar-refractivity contribution < 1.29 is 14.3 Å². The Balaban J connectivity index is 1.65. The lowest BCUT2D eigenvalue weighted by Gasteiger charge is -1.99. The Morgan fingerprint density at radius 1 is 1.18 bits per heavy atom. The molecule has 2 aliphatic rings. The van der Waals surface area contributed by atoms with Gasteiger partial charge in [-0.25, -0.2) is 4.79 Å². The number of ether oxygens (including phenoxy) is 1. The molecule has 2 aromatic rings. The van der Waals surface area contributed by atoms with E-state index < -0.39 is 0 Å². The predicted octanol–water partition coefficient (Wildman–Crippen LogP) is 2.99. The Bertz CT molecular complexity index is 819. The van der Waals surface area contributed by atoms with E-state index in [2.05, 4.69) is 5.32 Å². The Morgan fingerprint density at radius 3 is 2.91 bits per heavy atom. The number of nitrogens with one attached hydrogen (secondary N) is 1. The number of amides is 1. The number of carbonyl (C=O) groups is 2. The molecule has 1 aromatic heterocycles. The van der Waals surface area contributed by atoms with E-state index in [9.17, 15) is 9.59 Å². The van der Waals surface area contributed by atoms with Crippen LogP contribution >= 0.6 is 11.3 Å². The minimum absolute atomic E-state index is 0.0307. The highest BCUT2D eigenvalue weighted by molar-refractivity contribution is 7.16. The van der Waals surface area contributed by atoms with Gasteiger partial charge in [0.15, 0.2) is 0 Å². The normalized spacial score (nSPS) is 18.5. The molecular formula is C17H13NO3S. The summed E-state index contributed by atoms with van der Waals surface area (Å²) < 4.78 is 5.03. The van der Waals surface area contributed by atoms with Gasteiger partial charge >= 0.3 is 5.97 Å². The summed E-state index contributed by atoms with van der Waals surface area (Å²) in [5, 5.41) is 2.81. The smallest absolute Gasteiger partial charge is 0.338 e. The first-order chi connectivity index (χ1) is 10.7. The molecule has 22 heavy (non-hydrogen) atoms. The molecule has 4 nitrogen and oxygen atoms in total. The largest absolute Gasteiger partial charge is 0.457 e. The minimum atomic E-state index is -0.245. The first-order valence-electron chi connectivity index (χ1n) is 7.10. The van der Waals surface area contributed by atoms with Gasteiger partial charge in [-0.2, -0.15) is 0 Å². The third-order valence-electron chi connectivity index (χ3n) is 3.88. The van der Waals surface area contributed by atoms with Gasteiger partial charge in [0, 0.05) is 27.4 Å². The molecule has 1 saturated heterocycles. The molecule has 2 aliphatic heterocycles. The summed E-state index contributed by atoms with van der Waals surface area (Å²) in [6.45, 7) is 1.08. The zero-order valence-corrected chi connectivity index (χ0v) is 12.5. The van der Waals surface area contributed by atoms with E-state index in [-0.39, 0.29) is 11.9 Å². The second kappa shape index (κ2) is 5.10. The van der Waals surface area contributed by atoms with Crippen molar-refractivity contribution in [3.63, 3.8) is 0 Å². The van der Waals surface area contributed by atoms with Crippen molar-refractivity contribution in [1.29, 1.82) is 0 Å².